The van der Waals surface area contributed by atoms with Crippen molar-refractivity contribution in [3.63, 3.8) is 0 Å². The van der Waals surface area contributed by atoms with Gasteiger partial charge in [0.1, 0.15) is 5.75 Å². The molecule has 0 bridgehead atoms. The van der Waals surface area contributed by atoms with Gasteiger partial charge < -0.3 is 9.47 Å². The van der Waals surface area contributed by atoms with Crippen LogP contribution in [0.1, 0.15) is 24.0 Å². The summed E-state index contributed by atoms with van der Waals surface area (Å²) < 4.78 is 67.9. The molecule has 0 fully saturated rings. The minimum atomic E-state index is -3.68. The monoisotopic (exact) mass is 490 g/mol. The predicted octanol–water partition coefficient (Wildman–Crippen LogP) is 3.47. The van der Waals surface area contributed by atoms with Crippen LogP contribution in [0.25, 0.3) is 0 Å². The smallest absolute Gasteiger partial charge is 0.264 e. The summed E-state index contributed by atoms with van der Waals surface area (Å²) in [5.41, 5.74) is 0.461. The number of fused-ring (bicyclic) bond motifs is 2. The highest BCUT2D eigenvalue weighted by molar-refractivity contribution is 7.86. The highest BCUT2D eigenvalue weighted by atomic mass is 35.5. The fourth-order valence-corrected chi connectivity index (χ4v) is 4.72. The molecule has 0 aromatic heterocycles. The second kappa shape index (κ2) is 8.95. The zero-order valence-corrected chi connectivity index (χ0v) is 19.6. The van der Waals surface area contributed by atoms with Gasteiger partial charge in [-0.1, -0.05) is 23.7 Å². The van der Waals surface area contributed by atoms with E-state index in [9.17, 15) is 16.8 Å². The van der Waals surface area contributed by atoms with Gasteiger partial charge in [0.15, 0.2) is 11.5 Å². The lowest BCUT2D eigenvalue weighted by molar-refractivity contribution is 0.226. The molecule has 0 amide bonds. The van der Waals surface area contributed by atoms with Gasteiger partial charge in [-0.05, 0) is 37.1 Å². The summed E-state index contributed by atoms with van der Waals surface area (Å²) >= 11 is 6.27. The van der Waals surface area contributed by atoms with Crippen LogP contribution in [-0.2, 0) is 34.0 Å². The molecule has 8 nitrogen and oxygen atoms in total. The maximum Gasteiger partial charge on any atom is 0.264 e. The maximum absolute atomic E-state index is 11.6. The summed E-state index contributed by atoms with van der Waals surface area (Å²) in [5.74, 6) is 1.44. The Morgan fingerprint density at radius 1 is 0.935 bits per heavy atom. The Labute approximate surface area is 187 Å². The van der Waals surface area contributed by atoms with Gasteiger partial charge in [-0.3, -0.25) is 8.37 Å². The van der Waals surface area contributed by atoms with Gasteiger partial charge in [-0.25, -0.2) is 0 Å². The number of halogens is 1. The largest absolute Gasteiger partial charge is 0.493 e. The molecule has 0 unspecified atom stereocenters. The topological polar surface area (TPSA) is 105 Å². The van der Waals surface area contributed by atoms with Crippen LogP contribution >= 0.6 is 11.6 Å². The fraction of sp³-hybridized carbons (Fsp3) is 0.400. The Morgan fingerprint density at radius 2 is 1.55 bits per heavy atom. The van der Waals surface area contributed by atoms with Gasteiger partial charge >= 0.3 is 0 Å². The molecule has 0 saturated carbocycles. The van der Waals surface area contributed by atoms with E-state index in [1.165, 1.54) is 7.11 Å². The zero-order valence-electron chi connectivity index (χ0n) is 17.3. The Morgan fingerprint density at radius 3 is 2.10 bits per heavy atom. The van der Waals surface area contributed by atoms with E-state index in [-0.39, 0.29) is 26.1 Å². The SMILES string of the molecule is COc1cccc2c1Oc1ccc(Cl)cc1C2(CCOS(C)(=O)=O)CCOS(C)(=O)=O. The van der Waals surface area contributed by atoms with Crippen molar-refractivity contribution in [1.29, 1.82) is 0 Å². The molecule has 0 radical (unpaired) electrons. The predicted molar refractivity (Wildman–Crippen MR) is 116 cm³/mol. The maximum atomic E-state index is 11.6. The van der Waals surface area contributed by atoms with Crippen LogP contribution in [0.3, 0.4) is 0 Å². The minimum absolute atomic E-state index is 0.139. The van der Waals surface area contributed by atoms with Gasteiger partial charge in [0.25, 0.3) is 20.2 Å². The van der Waals surface area contributed by atoms with Crippen LogP contribution in [0.5, 0.6) is 17.2 Å². The Hall–Kier alpha value is -1.85. The number of methoxy groups -OCH3 is 1. The van der Waals surface area contributed by atoms with E-state index in [2.05, 4.69) is 0 Å². The number of benzene rings is 2. The molecular weight excluding hydrogens is 468 g/mol. The molecule has 1 heterocycles. The second-order valence-corrected chi connectivity index (χ2v) is 10.9. The van der Waals surface area contributed by atoms with Crippen LogP contribution in [0.15, 0.2) is 36.4 Å². The summed E-state index contributed by atoms with van der Waals surface area (Å²) in [6.07, 6.45) is 2.34. The van der Waals surface area contributed by atoms with Crippen molar-refractivity contribution >= 4 is 31.8 Å². The van der Waals surface area contributed by atoms with Crippen LogP contribution in [-0.4, -0.2) is 49.7 Å². The lowest BCUT2D eigenvalue weighted by Crippen LogP contribution is -2.35. The van der Waals surface area contributed by atoms with E-state index in [0.29, 0.717) is 33.4 Å². The van der Waals surface area contributed by atoms with Crippen LogP contribution < -0.4 is 9.47 Å². The van der Waals surface area contributed by atoms with E-state index in [4.69, 9.17) is 29.4 Å². The highest BCUT2D eigenvalue weighted by Crippen LogP contribution is 2.55. The molecule has 0 aliphatic carbocycles. The zero-order chi connectivity index (χ0) is 22.9. The first-order valence-electron chi connectivity index (χ1n) is 9.29. The van der Waals surface area contributed by atoms with E-state index in [0.717, 1.165) is 12.5 Å². The first kappa shape index (κ1) is 23.8. The van der Waals surface area contributed by atoms with Crippen LogP contribution in [0.2, 0.25) is 5.02 Å². The van der Waals surface area contributed by atoms with E-state index in [1.54, 1.807) is 30.3 Å². The number of ether oxygens (including phenoxy) is 2. The first-order chi connectivity index (χ1) is 14.5. The average Bonchev–Trinajstić information content (AvgIpc) is 2.66. The van der Waals surface area contributed by atoms with Gasteiger partial charge in [0, 0.05) is 21.6 Å². The molecule has 3 rings (SSSR count). The van der Waals surface area contributed by atoms with E-state index in [1.807, 2.05) is 6.07 Å². The standard InChI is InChI=1S/C20H23ClO8S2/c1-26-18-6-4-5-15-19(18)29-17-8-7-14(21)13-16(17)20(15,9-11-27-30(2,22)23)10-12-28-31(3,24)25/h4-8,13H,9-12H2,1-3H3. The minimum Gasteiger partial charge on any atom is -0.493 e. The van der Waals surface area contributed by atoms with Crippen molar-refractivity contribution in [3.05, 3.63) is 52.5 Å². The first-order valence-corrected chi connectivity index (χ1v) is 13.3. The third kappa shape index (κ3) is 5.50. The molecule has 2 aromatic rings. The molecule has 170 valence electrons. The summed E-state index contributed by atoms with van der Waals surface area (Å²) in [4.78, 5) is 0. The van der Waals surface area contributed by atoms with Gasteiger partial charge in [-0.15, -0.1) is 0 Å². The van der Waals surface area contributed by atoms with Gasteiger partial charge in [-0.2, -0.15) is 16.8 Å². The molecule has 0 spiro atoms. The Kier molecular flexibility index (Phi) is 6.87. The van der Waals surface area contributed by atoms with Crippen molar-refractivity contribution in [1.82, 2.24) is 0 Å². The molecule has 2 aromatic carbocycles. The van der Waals surface area contributed by atoms with Crippen molar-refractivity contribution in [2.75, 3.05) is 32.8 Å². The Bertz CT molecular complexity index is 1140. The van der Waals surface area contributed by atoms with Crippen molar-refractivity contribution < 1.29 is 34.7 Å². The molecule has 31 heavy (non-hydrogen) atoms. The lowest BCUT2D eigenvalue weighted by Gasteiger charge is -2.40. The summed E-state index contributed by atoms with van der Waals surface area (Å²) in [6, 6.07) is 10.4. The van der Waals surface area contributed by atoms with Crippen molar-refractivity contribution in [2.24, 2.45) is 0 Å². The molecular formula is C20H23ClO8S2. The number of rotatable bonds is 9. The molecule has 1 aliphatic rings. The van der Waals surface area contributed by atoms with Crippen molar-refractivity contribution in [3.8, 4) is 17.2 Å². The lowest BCUT2D eigenvalue weighted by atomic mass is 9.68. The second-order valence-electron chi connectivity index (χ2n) is 7.21. The quantitative estimate of drug-likeness (QED) is 0.492. The summed E-state index contributed by atoms with van der Waals surface area (Å²) in [7, 11) is -5.85. The van der Waals surface area contributed by atoms with Gasteiger partial charge in [0.05, 0.1) is 32.8 Å². The Balaban J connectivity index is 2.17. The number of hydrogen-bond donors (Lipinski definition) is 0. The fourth-order valence-electron chi connectivity index (χ4n) is 3.78. The normalized spacial score (nSPS) is 15.0. The molecule has 1 aliphatic heterocycles. The third-order valence-corrected chi connectivity index (χ3v) is 6.46. The van der Waals surface area contributed by atoms with Gasteiger partial charge in [0.2, 0.25) is 0 Å². The molecule has 0 atom stereocenters. The van der Waals surface area contributed by atoms with Crippen LogP contribution in [0, 0.1) is 0 Å². The average molecular weight is 491 g/mol. The summed E-state index contributed by atoms with van der Waals surface area (Å²) in [6.45, 7) is -0.277. The molecule has 0 saturated heterocycles. The van der Waals surface area contributed by atoms with E-state index >= 15 is 0 Å². The van der Waals surface area contributed by atoms with E-state index < -0.39 is 25.7 Å². The molecule has 0 N–H and O–H groups in total. The highest BCUT2D eigenvalue weighted by Gasteiger charge is 2.43. The molecule has 11 heteroatoms. The van der Waals surface area contributed by atoms with Crippen LogP contribution in [0.4, 0.5) is 0 Å². The van der Waals surface area contributed by atoms with Crippen molar-refractivity contribution in [2.45, 2.75) is 18.3 Å². The number of para-hydroxylation sites is 1. The summed E-state index contributed by atoms with van der Waals surface area (Å²) in [5, 5.41) is 0.450. The third-order valence-electron chi connectivity index (χ3n) is 5.04. The number of hydrogen-bond acceptors (Lipinski definition) is 8.